The molecule has 0 aromatic rings. The van der Waals surface area contributed by atoms with Crippen molar-refractivity contribution >= 4 is 0 Å². The minimum Gasteiger partial charge on any atom is -0.373 e. The van der Waals surface area contributed by atoms with Crippen LogP contribution in [-0.2, 0) is 4.74 Å². The molecule has 0 aromatic carbocycles. The van der Waals surface area contributed by atoms with Crippen LogP contribution in [0.25, 0.3) is 0 Å². The van der Waals surface area contributed by atoms with Crippen molar-refractivity contribution in [2.24, 2.45) is 11.8 Å². The zero-order chi connectivity index (χ0) is 14.7. The first-order valence-electron chi connectivity index (χ1n) is 8.64. The Hall–Kier alpha value is -0.120. The molecule has 6 atom stereocenters. The van der Waals surface area contributed by atoms with Gasteiger partial charge in [0.1, 0.15) is 0 Å². The summed E-state index contributed by atoms with van der Waals surface area (Å²) in [5.41, 5.74) is 0. The molecule has 0 spiro atoms. The Bertz CT molecular complexity index is 287. The molecule has 1 saturated carbocycles. The molecule has 2 aliphatic rings. The lowest BCUT2D eigenvalue weighted by Gasteiger charge is -2.49. The van der Waals surface area contributed by atoms with Gasteiger partial charge in [0.15, 0.2) is 0 Å². The third-order valence-electron chi connectivity index (χ3n) is 4.95. The average molecular weight is 282 g/mol. The Balaban J connectivity index is 2.07. The summed E-state index contributed by atoms with van der Waals surface area (Å²) >= 11 is 0. The molecule has 20 heavy (non-hydrogen) atoms. The quantitative estimate of drug-likeness (QED) is 0.858. The lowest BCUT2D eigenvalue weighted by Crippen LogP contribution is -2.61. The van der Waals surface area contributed by atoms with Gasteiger partial charge in [0, 0.05) is 25.2 Å². The standard InChI is InChI=1S/C17H34N2O/c1-6-7-18-16-9-12(2)8-13(3)17(16)19-10-14(4)20-15(5)11-19/h12-18H,6-11H2,1-5H3/t12?,13?,14-,15+,16?,17?. The topological polar surface area (TPSA) is 24.5 Å². The molecule has 1 heterocycles. The number of hydrogen-bond donors (Lipinski definition) is 1. The highest BCUT2D eigenvalue weighted by Crippen LogP contribution is 2.33. The number of nitrogens with one attached hydrogen (secondary N) is 1. The molecule has 0 bridgehead atoms. The fourth-order valence-electron chi connectivity index (χ4n) is 4.45. The molecule has 0 amide bonds. The molecule has 1 aliphatic carbocycles. The van der Waals surface area contributed by atoms with Crippen LogP contribution in [0.2, 0.25) is 0 Å². The van der Waals surface area contributed by atoms with Crippen LogP contribution >= 0.6 is 0 Å². The van der Waals surface area contributed by atoms with E-state index in [1.165, 1.54) is 19.3 Å². The first-order chi connectivity index (χ1) is 9.51. The van der Waals surface area contributed by atoms with E-state index in [0.717, 1.165) is 31.5 Å². The Morgan fingerprint density at radius 3 is 2.30 bits per heavy atom. The molecule has 3 nitrogen and oxygen atoms in total. The summed E-state index contributed by atoms with van der Waals surface area (Å²) in [7, 11) is 0. The van der Waals surface area contributed by atoms with Crippen molar-refractivity contribution in [2.45, 2.75) is 78.2 Å². The Morgan fingerprint density at radius 2 is 1.70 bits per heavy atom. The minimum atomic E-state index is 0.372. The molecule has 0 radical (unpaired) electrons. The van der Waals surface area contributed by atoms with Crippen LogP contribution in [0.3, 0.4) is 0 Å². The zero-order valence-corrected chi connectivity index (χ0v) is 14.1. The zero-order valence-electron chi connectivity index (χ0n) is 14.1. The van der Waals surface area contributed by atoms with E-state index >= 15 is 0 Å². The van der Waals surface area contributed by atoms with Gasteiger partial charge in [-0.05, 0) is 51.5 Å². The molecule has 1 saturated heterocycles. The number of morpholine rings is 1. The fraction of sp³-hybridized carbons (Fsp3) is 1.00. The summed E-state index contributed by atoms with van der Waals surface area (Å²) in [6.07, 6.45) is 4.67. The number of rotatable bonds is 4. The summed E-state index contributed by atoms with van der Waals surface area (Å²) in [6.45, 7) is 14.9. The fourth-order valence-corrected chi connectivity index (χ4v) is 4.45. The highest BCUT2D eigenvalue weighted by Gasteiger charge is 2.39. The van der Waals surface area contributed by atoms with Crippen molar-refractivity contribution < 1.29 is 4.74 Å². The van der Waals surface area contributed by atoms with Gasteiger partial charge >= 0.3 is 0 Å². The second-order valence-corrected chi connectivity index (χ2v) is 7.32. The van der Waals surface area contributed by atoms with Crippen molar-refractivity contribution in [3.63, 3.8) is 0 Å². The molecule has 1 N–H and O–H groups in total. The van der Waals surface area contributed by atoms with Gasteiger partial charge in [-0.3, -0.25) is 4.90 Å². The van der Waals surface area contributed by atoms with Crippen molar-refractivity contribution in [2.75, 3.05) is 19.6 Å². The predicted molar refractivity (Wildman–Crippen MR) is 85.0 cm³/mol. The molecule has 2 rings (SSSR count). The summed E-state index contributed by atoms with van der Waals surface area (Å²) in [4.78, 5) is 2.71. The molecular formula is C17H34N2O. The lowest BCUT2D eigenvalue weighted by atomic mass is 9.75. The number of nitrogens with zero attached hydrogens (tertiary/aromatic N) is 1. The van der Waals surface area contributed by atoms with Gasteiger partial charge in [-0.1, -0.05) is 20.8 Å². The SMILES string of the molecule is CCCNC1CC(C)CC(C)C1N1C[C@@H](C)O[C@@H](C)C1. The number of ether oxygens (including phenoxy) is 1. The van der Waals surface area contributed by atoms with Crippen LogP contribution in [0.4, 0.5) is 0 Å². The van der Waals surface area contributed by atoms with E-state index in [2.05, 4.69) is 44.8 Å². The maximum Gasteiger partial charge on any atom is 0.0678 e. The summed E-state index contributed by atoms with van der Waals surface area (Å²) in [5.74, 6) is 1.64. The largest absolute Gasteiger partial charge is 0.373 e. The normalized spacial score (nSPS) is 43.6. The summed E-state index contributed by atoms with van der Waals surface area (Å²) in [5, 5.41) is 3.83. The van der Waals surface area contributed by atoms with Crippen LogP contribution in [0.1, 0.15) is 53.9 Å². The van der Waals surface area contributed by atoms with E-state index in [9.17, 15) is 0 Å². The van der Waals surface area contributed by atoms with Crippen molar-refractivity contribution in [1.29, 1.82) is 0 Å². The molecule has 1 aliphatic heterocycles. The lowest BCUT2D eigenvalue weighted by molar-refractivity contribution is -0.0971. The van der Waals surface area contributed by atoms with Crippen molar-refractivity contribution in [3.05, 3.63) is 0 Å². The van der Waals surface area contributed by atoms with Gasteiger partial charge in [-0.15, -0.1) is 0 Å². The maximum atomic E-state index is 5.92. The van der Waals surface area contributed by atoms with Crippen molar-refractivity contribution in [1.82, 2.24) is 10.2 Å². The van der Waals surface area contributed by atoms with Crippen LogP contribution in [0.5, 0.6) is 0 Å². The van der Waals surface area contributed by atoms with Crippen LogP contribution in [0.15, 0.2) is 0 Å². The smallest absolute Gasteiger partial charge is 0.0678 e. The third-order valence-corrected chi connectivity index (χ3v) is 4.95. The monoisotopic (exact) mass is 282 g/mol. The van der Waals surface area contributed by atoms with E-state index < -0.39 is 0 Å². The van der Waals surface area contributed by atoms with E-state index in [4.69, 9.17) is 4.74 Å². The summed E-state index contributed by atoms with van der Waals surface area (Å²) < 4.78 is 5.92. The van der Waals surface area contributed by atoms with Crippen LogP contribution < -0.4 is 5.32 Å². The van der Waals surface area contributed by atoms with E-state index in [-0.39, 0.29) is 0 Å². The Morgan fingerprint density at radius 1 is 1.05 bits per heavy atom. The maximum absolute atomic E-state index is 5.92. The first kappa shape index (κ1) is 16.3. The first-order valence-corrected chi connectivity index (χ1v) is 8.64. The van der Waals surface area contributed by atoms with Crippen LogP contribution in [0, 0.1) is 11.8 Å². The molecule has 3 heteroatoms. The second kappa shape index (κ2) is 7.24. The highest BCUT2D eigenvalue weighted by molar-refractivity contribution is 4.95. The van der Waals surface area contributed by atoms with E-state index in [1.54, 1.807) is 0 Å². The molecule has 2 fully saturated rings. The predicted octanol–water partition coefficient (Wildman–Crippen LogP) is 2.90. The molecular weight excluding hydrogens is 248 g/mol. The van der Waals surface area contributed by atoms with E-state index in [0.29, 0.717) is 24.3 Å². The van der Waals surface area contributed by atoms with Gasteiger partial charge in [-0.2, -0.15) is 0 Å². The minimum absolute atomic E-state index is 0.372. The number of hydrogen-bond acceptors (Lipinski definition) is 3. The van der Waals surface area contributed by atoms with Gasteiger partial charge in [-0.25, -0.2) is 0 Å². The average Bonchev–Trinajstić information content (AvgIpc) is 2.34. The second-order valence-electron chi connectivity index (χ2n) is 7.32. The Labute approximate surface area is 125 Å². The van der Waals surface area contributed by atoms with E-state index in [1.807, 2.05) is 0 Å². The van der Waals surface area contributed by atoms with Gasteiger partial charge in [0.25, 0.3) is 0 Å². The summed E-state index contributed by atoms with van der Waals surface area (Å²) in [6, 6.07) is 1.35. The molecule has 118 valence electrons. The van der Waals surface area contributed by atoms with Gasteiger partial charge < -0.3 is 10.1 Å². The Kier molecular flexibility index (Phi) is 5.88. The van der Waals surface area contributed by atoms with Crippen molar-refractivity contribution in [3.8, 4) is 0 Å². The van der Waals surface area contributed by atoms with Gasteiger partial charge in [0.2, 0.25) is 0 Å². The third kappa shape index (κ3) is 3.96. The highest BCUT2D eigenvalue weighted by atomic mass is 16.5. The molecule has 0 aromatic heterocycles. The van der Waals surface area contributed by atoms with Gasteiger partial charge in [0.05, 0.1) is 12.2 Å². The van der Waals surface area contributed by atoms with Crippen LogP contribution in [-0.4, -0.2) is 48.8 Å². The molecule has 4 unspecified atom stereocenters.